The fraction of sp³-hybridized carbons (Fsp3) is 0.571. The zero-order valence-electron chi connectivity index (χ0n) is 11.2. The van der Waals surface area contributed by atoms with Crippen LogP contribution < -0.4 is 5.32 Å². The maximum atomic E-state index is 9.19. The highest BCUT2D eigenvalue weighted by Gasteiger charge is 2.02. The van der Waals surface area contributed by atoms with Crippen molar-refractivity contribution in [2.24, 2.45) is 0 Å². The number of hydrogen-bond donors (Lipinski definition) is 2. The third kappa shape index (κ3) is 6.59. The summed E-state index contributed by atoms with van der Waals surface area (Å²) >= 11 is 0. The number of nitrogens with one attached hydrogen (secondary N) is 1. The van der Waals surface area contributed by atoms with Crippen LogP contribution in [0, 0.1) is 0 Å². The standard InChI is InChI=1S/C14H23NO3/c1-12(15-7-8-18-10-9-17-2)11-13-3-5-14(16)6-4-13/h3-6,12,15-16H,7-11H2,1-2H3. The fourth-order valence-corrected chi connectivity index (χ4v) is 1.68. The molecule has 0 aliphatic rings. The Hall–Kier alpha value is -1.10. The Labute approximate surface area is 109 Å². The molecule has 1 atom stereocenters. The first-order valence-corrected chi connectivity index (χ1v) is 6.30. The molecule has 18 heavy (non-hydrogen) atoms. The average molecular weight is 253 g/mol. The highest BCUT2D eigenvalue weighted by Crippen LogP contribution is 2.10. The van der Waals surface area contributed by atoms with Crippen LogP contribution in [-0.4, -0.2) is 44.6 Å². The number of phenolic OH excluding ortho intramolecular Hbond substituents is 1. The summed E-state index contributed by atoms with van der Waals surface area (Å²) in [5.41, 5.74) is 1.22. The van der Waals surface area contributed by atoms with Gasteiger partial charge >= 0.3 is 0 Å². The Morgan fingerprint density at radius 1 is 1.17 bits per heavy atom. The molecule has 1 aromatic carbocycles. The van der Waals surface area contributed by atoms with Crippen LogP contribution in [0.15, 0.2) is 24.3 Å². The van der Waals surface area contributed by atoms with Crippen molar-refractivity contribution in [3.63, 3.8) is 0 Å². The van der Waals surface area contributed by atoms with E-state index < -0.39 is 0 Å². The lowest BCUT2D eigenvalue weighted by molar-refractivity contribution is 0.0712. The van der Waals surface area contributed by atoms with Crippen LogP contribution in [0.4, 0.5) is 0 Å². The van der Waals surface area contributed by atoms with E-state index in [0.29, 0.717) is 31.6 Å². The van der Waals surface area contributed by atoms with E-state index in [0.717, 1.165) is 13.0 Å². The van der Waals surface area contributed by atoms with Crippen LogP contribution >= 0.6 is 0 Å². The van der Waals surface area contributed by atoms with Crippen molar-refractivity contribution >= 4 is 0 Å². The van der Waals surface area contributed by atoms with Crippen LogP contribution in [0.5, 0.6) is 5.75 Å². The maximum absolute atomic E-state index is 9.19. The van der Waals surface area contributed by atoms with Gasteiger partial charge < -0.3 is 19.9 Å². The molecule has 0 spiro atoms. The number of phenols is 1. The second-order valence-corrected chi connectivity index (χ2v) is 4.33. The highest BCUT2D eigenvalue weighted by molar-refractivity contribution is 5.26. The molecule has 1 rings (SSSR count). The third-order valence-electron chi connectivity index (χ3n) is 2.65. The SMILES string of the molecule is COCCOCCNC(C)Cc1ccc(O)cc1. The van der Waals surface area contributed by atoms with Gasteiger partial charge in [-0.1, -0.05) is 12.1 Å². The molecule has 0 radical (unpaired) electrons. The van der Waals surface area contributed by atoms with E-state index in [4.69, 9.17) is 9.47 Å². The molecule has 0 heterocycles. The fourth-order valence-electron chi connectivity index (χ4n) is 1.68. The van der Waals surface area contributed by atoms with Gasteiger partial charge in [0.2, 0.25) is 0 Å². The molecule has 1 aromatic rings. The quantitative estimate of drug-likeness (QED) is 0.656. The van der Waals surface area contributed by atoms with Crippen molar-refractivity contribution in [3.05, 3.63) is 29.8 Å². The second-order valence-electron chi connectivity index (χ2n) is 4.33. The van der Waals surface area contributed by atoms with Gasteiger partial charge in [-0.15, -0.1) is 0 Å². The molecule has 0 bridgehead atoms. The van der Waals surface area contributed by atoms with Crippen LogP contribution in [0.2, 0.25) is 0 Å². The molecule has 0 aliphatic carbocycles. The predicted molar refractivity (Wildman–Crippen MR) is 72.0 cm³/mol. The molecule has 1 unspecified atom stereocenters. The van der Waals surface area contributed by atoms with Crippen molar-refractivity contribution < 1.29 is 14.6 Å². The zero-order chi connectivity index (χ0) is 13.2. The number of hydrogen-bond acceptors (Lipinski definition) is 4. The van der Waals surface area contributed by atoms with Crippen molar-refractivity contribution in [2.45, 2.75) is 19.4 Å². The van der Waals surface area contributed by atoms with Gasteiger partial charge in [0, 0.05) is 19.7 Å². The second kappa shape index (κ2) is 8.91. The van der Waals surface area contributed by atoms with Gasteiger partial charge in [-0.05, 0) is 31.0 Å². The van der Waals surface area contributed by atoms with E-state index in [1.165, 1.54) is 5.56 Å². The predicted octanol–water partition coefficient (Wildman–Crippen LogP) is 1.58. The van der Waals surface area contributed by atoms with Crippen LogP contribution in [0.25, 0.3) is 0 Å². The highest BCUT2D eigenvalue weighted by atomic mass is 16.5. The normalized spacial score (nSPS) is 12.6. The largest absolute Gasteiger partial charge is 0.508 e. The minimum Gasteiger partial charge on any atom is -0.508 e. The van der Waals surface area contributed by atoms with Crippen LogP contribution in [0.1, 0.15) is 12.5 Å². The minimum absolute atomic E-state index is 0.311. The Morgan fingerprint density at radius 3 is 2.56 bits per heavy atom. The molecular formula is C14H23NO3. The first kappa shape index (κ1) is 15.0. The Bertz CT molecular complexity index is 313. The van der Waals surface area contributed by atoms with Crippen molar-refractivity contribution in [1.82, 2.24) is 5.32 Å². The van der Waals surface area contributed by atoms with E-state index in [2.05, 4.69) is 12.2 Å². The molecule has 0 aromatic heterocycles. The van der Waals surface area contributed by atoms with Crippen molar-refractivity contribution in [3.8, 4) is 5.75 Å². The minimum atomic E-state index is 0.311. The van der Waals surface area contributed by atoms with Gasteiger partial charge in [0.15, 0.2) is 0 Å². The molecule has 0 aliphatic heterocycles. The smallest absolute Gasteiger partial charge is 0.115 e. The van der Waals surface area contributed by atoms with E-state index >= 15 is 0 Å². The monoisotopic (exact) mass is 253 g/mol. The number of aromatic hydroxyl groups is 1. The summed E-state index contributed by atoms with van der Waals surface area (Å²) in [6.07, 6.45) is 0.943. The molecule has 102 valence electrons. The number of rotatable bonds is 9. The first-order valence-electron chi connectivity index (χ1n) is 6.30. The Balaban J connectivity index is 2.10. The summed E-state index contributed by atoms with van der Waals surface area (Å²) in [6.45, 7) is 4.96. The van der Waals surface area contributed by atoms with E-state index in [9.17, 15) is 5.11 Å². The Kier molecular flexibility index (Phi) is 7.41. The Morgan fingerprint density at radius 2 is 1.89 bits per heavy atom. The molecule has 2 N–H and O–H groups in total. The summed E-state index contributed by atoms with van der Waals surface area (Å²) in [6, 6.07) is 7.72. The summed E-state index contributed by atoms with van der Waals surface area (Å²) in [4.78, 5) is 0. The molecule has 0 saturated carbocycles. The summed E-state index contributed by atoms with van der Waals surface area (Å²) < 4.78 is 10.3. The maximum Gasteiger partial charge on any atom is 0.115 e. The first-order chi connectivity index (χ1) is 8.72. The number of ether oxygens (including phenoxy) is 2. The molecular weight excluding hydrogens is 230 g/mol. The van der Waals surface area contributed by atoms with Gasteiger partial charge in [-0.2, -0.15) is 0 Å². The van der Waals surface area contributed by atoms with E-state index in [1.54, 1.807) is 19.2 Å². The van der Waals surface area contributed by atoms with Gasteiger partial charge in [-0.25, -0.2) is 0 Å². The van der Waals surface area contributed by atoms with Gasteiger partial charge in [-0.3, -0.25) is 0 Å². The molecule has 4 nitrogen and oxygen atoms in total. The summed E-state index contributed by atoms with van der Waals surface area (Å²) in [5.74, 6) is 0.311. The van der Waals surface area contributed by atoms with Crippen molar-refractivity contribution in [1.29, 1.82) is 0 Å². The molecule has 0 amide bonds. The lowest BCUT2D eigenvalue weighted by Gasteiger charge is -2.14. The topological polar surface area (TPSA) is 50.7 Å². The lowest BCUT2D eigenvalue weighted by atomic mass is 10.1. The lowest BCUT2D eigenvalue weighted by Crippen LogP contribution is -2.31. The van der Waals surface area contributed by atoms with Crippen LogP contribution in [0.3, 0.4) is 0 Å². The summed E-state index contributed by atoms with van der Waals surface area (Å²) in [5, 5.41) is 12.6. The van der Waals surface area contributed by atoms with Gasteiger partial charge in [0.1, 0.15) is 5.75 Å². The summed E-state index contributed by atoms with van der Waals surface area (Å²) in [7, 11) is 1.67. The van der Waals surface area contributed by atoms with Crippen molar-refractivity contribution in [2.75, 3.05) is 33.5 Å². The zero-order valence-corrected chi connectivity index (χ0v) is 11.2. The number of methoxy groups -OCH3 is 1. The van der Waals surface area contributed by atoms with E-state index in [-0.39, 0.29) is 0 Å². The third-order valence-corrected chi connectivity index (χ3v) is 2.65. The molecule has 0 fully saturated rings. The van der Waals surface area contributed by atoms with Gasteiger partial charge in [0.05, 0.1) is 19.8 Å². The average Bonchev–Trinajstić information content (AvgIpc) is 2.36. The number of benzene rings is 1. The molecule has 0 saturated heterocycles. The van der Waals surface area contributed by atoms with Crippen LogP contribution in [-0.2, 0) is 15.9 Å². The van der Waals surface area contributed by atoms with Gasteiger partial charge in [0.25, 0.3) is 0 Å². The van der Waals surface area contributed by atoms with E-state index in [1.807, 2.05) is 12.1 Å². The molecule has 4 heteroatoms.